The van der Waals surface area contributed by atoms with Gasteiger partial charge in [0.2, 0.25) is 0 Å². The summed E-state index contributed by atoms with van der Waals surface area (Å²) in [5.41, 5.74) is 3.06. The third kappa shape index (κ3) is 6.10. The number of urea groups is 1. The molecule has 0 aliphatic carbocycles. The number of aromatic nitrogens is 3. The minimum atomic E-state index is -0.692. The smallest absolute Gasteiger partial charge is 0.324 e. The van der Waals surface area contributed by atoms with Crippen molar-refractivity contribution in [3.05, 3.63) is 89.6 Å². The molecule has 2 heterocycles. The molecule has 4 aromatic rings. The van der Waals surface area contributed by atoms with Gasteiger partial charge < -0.3 is 15.4 Å². The minimum Gasteiger partial charge on any atom is -0.454 e. The summed E-state index contributed by atoms with van der Waals surface area (Å²) in [6.07, 6.45) is 1.39. The molecule has 0 aliphatic rings. The topological polar surface area (TPSA) is 110 Å². The van der Waals surface area contributed by atoms with Gasteiger partial charge in [0.15, 0.2) is 11.6 Å². The lowest BCUT2D eigenvalue weighted by Gasteiger charge is -2.12. The number of hydrogen-bond donors (Lipinski definition) is 3. The second-order valence-electron chi connectivity index (χ2n) is 8.64. The van der Waals surface area contributed by atoms with Gasteiger partial charge >= 0.3 is 6.03 Å². The number of aryl methyl sites for hydroxylation is 1. The van der Waals surface area contributed by atoms with Crippen molar-refractivity contribution in [1.82, 2.24) is 20.1 Å². The lowest BCUT2D eigenvalue weighted by Crippen LogP contribution is -2.21. The molecule has 9 nitrogen and oxygen atoms in total. The number of amides is 3. The van der Waals surface area contributed by atoms with Crippen molar-refractivity contribution in [2.75, 3.05) is 17.7 Å². The largest absolute Gasteiger partial charge is 0.454 e. The van der Waals surface area contributed by atoms with Crippen LogP contribution < -0.4 is 20.7 Å². The van der Waals surface area contributed by atoms with Crippen molar-refractivity contribution >= 4 is 23.4 Å². The molecule has 3 N–H and O–H groups in total. The van der Waals surface area contributed by atoms with Crippen molar-refractivity contribution in [2.24, 2.45) is 0 Å². The van der Waals surface area contributed by atoms with Gasteiger partial charge in [0.1, 0.15) is 17.3 Å². The summed E-state index contributed by atoms with van der Waals surface area (Å²) in [4.78, 5) is 28.5. The molecule has 3 amide bonds. The van der Waals surface area contributed by atoms with E-state index in [1.807, 2.05) is 51.1 Å². The fourth-order valence-corrected chi connectivity index (χ4v) is 3.52. The van der Waals surface area contributed by atoms with Crippen molar-refractivity contribution in [3.63, 3.8) is 0 Å². The number of carbonyl (C=O) groups excluding carboxylic acids is 2. The Balaban J connectivity index is 1.48. The van der Waals surface area contributed by atoms with Gasteiger partial charge in [0, 0.05) is 37.1 Å². The Morgan fingerprint density at radius 1 is 1.03 bits per heavy atom. The normalized spacial score (nSPS) is 10.8. The van der Waals surface area contributed by atoms with E-state index in [0.29, 0.717) is 5.82 Å². The number of anilines is 2. The van der Waals surface area contributed by atoms with Crippen LogP contribution in [-0.4, -0.2) is 33.8 Å². The zero-order valence-electron chi connectivity index (χ0n) is 20.9. The third-order valence-corrected chi connectivity index (χ3v) is 5.42. The van der Waals surface area contributed by atoms with Gasteiger partial charge in [-0.15, -0.1) is 0 Å². The van der Waals surface area contributed by atoms with Crippen LogP contribution in [0.5, 0.6) is 11.5 Å². The molecule has 0 bridgehead atoms. The molecule has 37 heavy (non-hydrogen) atoms. The van der Waals surface area contributed by atoms with E-state index in [9.17, 15) is 14.0 Å². The number of nitrogens with one attached hydrogen (secondary N) is 3. The highest BCUT2D eigenvalue weighted by Gasteiger charge is 2.16. The van der Waals surface area contributed by atoms with Crippen LogP contribution in [0.25, 0.3) is 5.69 Å². The molecule has 0 saturated carbocycles. The molecule has 0 atom stereocenters. The molecule has 2 aromatic carbocycles. The van der Waals surface area contributed by atoms with Gasteiger partial charge in [-0.25, -0.2) is 13.9 Å². The van der Waals surface area contributed by atoms with Crippen LogP contribution >= 0.6 is 0 Å². The summed E-state index contributed by atoms with van der Waals surface area (Å²) in [6.45, 7) is 6.02. The first-order valence-corrected chi connectivity index (χ1v) is 11.6. The molecule has 190 valence electrons. The van der Waals surface area contributed by atoms with Crippen molar-refractivity contribution in [2.45, 2.75) is 26.7 Å². The second kappa shape index (κ2) is 10.9. The molecule has 10 heteroatoms. The Kier molecular flexibility index (Phi) is 7.47. The molecular weight excluding hydrogens is 475 g/mol. The van der Waals surface area contributed by atoms with Gasteiger partial charge in [0.25, 0.3) is 5.91 Å². The number of ether oxygens (including phenoxy) is 1. The SMILES string of the molecule is CNC(=O)c1cc(Oc2ccc(NC(=O)Nc3cc(C(C)C)nn3-c3cccc(C)c3)cc2F)ccn1. The van der Waals surface area contributed by atoms with E-state index in [-0.39, 0.29) is 34.7 Å². The van der Waals surface area contributed by atoms with E-state index in [1.165, 1.54) is 37.5 Å². The van der Waals surface area contributed by atoms with Crippen LogP contribution in [-0.2, 0) is 0 Å². The lowest BCUT2D eigenvalue weighted by atomic mass is 10.1. The molecule has 0 aliphatic heterocycles. The van der Waals surface area contributed by atoms with Crippen LogP contribution in [0.3, 0.4) is 0 Å². The van der Waals surface area contributed by atoms with E-state index in [1.54, 1.807) is 4.68 Å². The quantitative estimate of drug-likeness (QED) is 0.303. The monoisotopic (exact) mass is 502 g/mol. The average molecular weight is 503 g/mol. The van der Waals surface area contributed by atoms with E-state index in [4.69, 9.17) is 4.74 Å². The van der Waals surface area contributed by atoms with E-state index >= 15 is 0 Å². The minimum absolute atomic E-state index is 0.0703. The number of rotatable bonds is 7. The van der Waals surface area contributed by atoms with Gasteiger partial charge in [-0.05, 0) is 48.7 Å². The average Bonchev–Trinajstić information content (AvgIpc) is 3.29. The Morgan fingerprint density at radius 3 is 2.54 bits per heavy atom. The first kappa shape index (κ1) is 25.4. The summed E-state index contributed by atoms with van der Waals surface area (Å²) in [5, 5.41) is 12.5. The lowest BCUT2D eigenvalue weighted by molar-refractivity contribution is 0.0958. The van der Waals surface area contributed by atoms with E-state index in [2.05, 4.69) is 26.0 Å². The van der Waals surface area contributed by atoms with Gasteiger partial charge in [-0.3, -0.25) is 15.1 Å². The molecule has 0 unspecified atom stereocenters. The predicted octanol–water partition coefficient (Wildman–Crippen LogP) is 5.63. The highest BCUT2D eigenvalue weighted by molar-refractivity contribution is 5.99. The van der Waals surface area contributed by atoms with Crippen molar-refractivity contribution in [1.29, 1.82) is 0 Å². The molecule has 0 fully saturated rings. The summed E-state index contributed by atoms with van der Waals surface area (Å²) in [6, 6.07) is 16.0. The molecule has 0 spiro atoms. The number of carbonyl (C=O) groups is 2. The number of benzene rings is 2. The number of nitrogens with zero attached hydrogens (tertiary/aromatic N) is 3. The summed E-state index contributed by atoms with van der Waals surface area (Å²) in [5.74, 6) is -0.264. The first-order chi connectivity index (χ1) is 17.7. The van der Waals surface area contributed by atoms with Crippen molar-refractivity contribution in [3.8, 4) is 17.2 Å². The standard InChI is InChI=1S/C27H27FN6O3/c1-16(2)22-15-25(34(33-22)19-7-5-6-17(3)12-19)32-27(36)31-18-8-9-24(21(28)13-18)37-20-10-11-30-23(14-20)26(35)29-4/h5-16H,1-4H3,(H,29,35)(H2,31,32,36). The Bertz CT molecular complexity index is 1450. The zero-order chi connectivity index (χ0) is 26.5. The maximum atomic E-state index is 14.7. The predicted molar refractivity (Wildman–Crippen MR) is 139 cm³/mol. The maximum Gasteiger partial charge on any atom is 0.324 e. The maximum absolute atomic E-state index is 14.7. The fraction of sp³-hybridized carbons (Fsp3) is 0.185. The molecule has 0 saturated heterocycles. The highest BCUT2D eigenvalue weighted by atomic mass is 19.1. The Hall–Kier alpha value is -4.73. The van der Waals surface area contributed by atoms with Crippen LogP contribution in [0.4, 0.5) is 20.7 Å². The summed E-state index contributed by atoms with van der Waals surface area (Å²) < 4.78 is 22.0. The van der Waals surface area contributed by atoms with Crippen LogP contribution in [0, 0.1) is 12.7 Å². The highest BCUT2D eigenvalue weighted by Crippen LogP contribution is 2.27. The molecular formula is C27H27FN6O3. The molecule has 0 radical (unpaired) electrons. The van der Waals surface area contributed by atoms with E-state index in [0.717, 1.165) is 23.0 Å². The molecule has 2 aromatic heterocycles. The van der Waals surface area contributed by atoms with Gasteiger partial charge in [-0.1, -0.05) is 26.0 Å². The second-order valence-corrected chi connectivity index (χ2v) is 8.64. The number of halogens is 1. The Labute approximate surface area is 213 Å². The van der Waals surface area contributed by atoms with E-state index < -0.39 is 11.8 Å². The summed E-state index contributed by atoms with van der Waals surface area (Å²) in [7, 11) is 1.48. The summed E-state index contributed by atoms with van der Waals surface area (Å²) >= 11 is 0. The Morgan fingerprint density at radius 2 is 1.84 bits per heavy atom. The van der Waals surface area contributed by atoms with Gasteiger partial charge in [-0.2, -0.15) is 5.10 Å². The van der Waals surface area contributed by atoms with Crippen LogP contribution in [0.1, 0.15) is 41.5 Å². The zero-order valence-corrected chi connectivity index (χ0v) is 20.9. The number of pyridine rings is 1. The third-order valence-electron chi connectivity index (χ3n) is 5.42. The van der Waals surface area contributed by atoms with Gasteiger partial charge in [0.05, 0.1) is 11.4 Å². The fourth-order valence-electron chi connectivity index (χ4n) is 3.52. The first-order valence-electron chi connectivity index (χ1n) is 11.6. The molecule has 4 rings (SSSR count). The van der Waals surface area contributed by atoms with Crippen molar-refractivity contribution < 1.29 is 18.7 Å². The van der Waals surface area contributed by atoms with Crippen LogP contribution in [0.15, 0.2) is 66.9 Å². The number of hydrogen-bond acceptors (Lipinski definition) is 5. The van der Waals surface area contributed by atoms with Crippen LogP contribution in [0.2, 0.25) is 0 Å².